The fourth-order valence-corrected chi connectivity index (χ4v) is 2.44. The molecule has 0 atom stereocenters. The first-order valence-corrected chi connectivity index (χ1v) is 6.96. The number of amides is 1. The molecule has 0 saturated heterocycles. The van der Waals surface area contributed by atoms with Crippen LogP contribution in [0.3, 0.4) is 0 Å². The van der Waals surface area contributed by atoms with E-state index in [1.54, 1.807) is 13.0 Å². The van der Waals surface area contributed by atoms with Crippen LogP contribution in [-0.2, 0) is 14.3 Å². The van der Waals surface area contributed by atoms with Gasteiger partial charge in [0.05, 0.1) is 6.61 Å². The van der Waals surface area contributed by atoms with Gasteiger partial charge in [-0.3, -0.25) is 4.79 Å². The van der Waals surface area contributed by atoms with Crippen LogP contribution in [-0.4, -0.2) is 46.5 Å². The smallest absolute Gasteiger partial charge is 0.457 e. The topological polar surface area (TPSA) is 83.0 Å². The van der Waals surface area contributed by atoms with E-state index in [1.165, 1.54) is 4.90 Å². The molecule has 0 unspecified atom stereocenters. The van der Waals surface area contributed by atoms with Crippen molar-refractivity contribution < 1.29 is 19.1 Å². The van der Waals surface area contributed by atoms with E-state index >= 15 is 0 Å². The van der Waals surface area contributed by atoms with Crippen LogP contribution in [0.25, 0.3) is 5.53 Å². The predicted molar refractivity (Wildman–Crippen MR) is 74.0 cm³/mol. The van der Waals surface area contributed by atoms with Gasteiger partial charge in [0.15, 0.2) is 0 Å². The minimum Gasteiger partial charge on any atom is -0.457 e. The Balaban J connectivity index is 2.88. The molecule has 110 valence electrons. The summed E-state index contributed by atoms with van der Waals surface area (Å²) in [6.45, 7) is 5.70. The van der Waals surface area contributed by atoms with Crippen LogP contribution in [0.5, 0.6) is 0 Å². The number of carbonyl (C=O) groups is 2. The molecule has 1 aliphatic rings. The van der Waals surface area contributed by atoms with E-state index in [1.807, 2.05) is 0 Å². The van der Waals surface area contributed by atoms with Gasteiger partial charge in [0.2, 0.25) is 0 Å². The van der Waals surface area contributed by atoms with E-state index < -0.39 is 17.6 Å². The lowest BCUT2D eigenvalue weighted by Crippen LogP contribution is -2.47. The second-order valence-electron chi connectivity index (χ2n) is 4.71. The standard InChI is InChI=1S/C14H21N3O3/c1-3-10-17(11-8-6-5-7-9-11)13(18)12(16-15)14(19)20-4-2/h3,11H,1,4-10H2,2H3. The van der Waals surface area contributed by atoms with Crippen molar-refractivity contribution in [1.29, 1.82) is 0 Å². The molecule has 1 amide bonds. The number of ether oxygens (including phenoxy) is 1. The van der Waals surface area contributed by atoms with Gasteiger partial charge in [-0.2, -0.15) is 4.79 Å². The van der Waals surface area contributed by atoms with E-state index in [9.17, 15) is 9.59 Å². The van der Waals surface area contributed by atoms with Gasteiger partial charge in [-0.1, -0.05) is 25.3 Å². The van der Waals surface area contributed by atoms with Crippen molar-refractivity contribution in [3.63, 3.8) is 0 Å². The van der Waals surface area contributed by atoms with Gasteiger partial charge < -0.3 is 15.2 Å². The molecule has 1 fully saturated rings. The van der Waals surface area contributed by atoms with Crippen LogP contribution in [0.15, 0.2) is 12.7 Å². The van der Waals surface area contributed by atoms with Crippen LogP contribution in [0.1, 0.15) is 39.0 Å². The monoisotopic (exact) mass is 279 g/mol. The summed E-state index contributed by atoms with van der Waals surface area (Å²) in [6.07, 6.45) is 6.65. The second kappa shape index (κ2) is 8.27. The van der Waals surface area contributed by atoms with E-state index in [2.05, 4.69) is 11.4 Å². The fraction of sp³-hybridized carbons (Fsp3) is 0.643. The number of carbonyl (C=O) groups excluding carboxylic acids is 2. The maximum Gasteiger partial charge on any atom is 0.463 e. The van der Waals surface area contributed by atoms with E-state index in [-0.39, 0.29) is 12.6 Å². The summed E-state index contributed by atoms with van der Waals surface area (Å²) in [4.78, 5) is 28.3. The summed E-state index contributed by atoms with van der Waals surface area (Å²) in [5.41, 5.74) is 8.35. The Morgan fingerprint density at radius 1 is 1.40 bits per heavy atom. The first-order valence-electron chi connectivity index (χ1n) is 6.96. The third-order valence-electron chi connectivity index (χ3n) is 3.37. The number of hydrogen-bond donors (Lipinski definition) is 0. The van der Waals surface area contributed by atoms with Gasteiger partial charge in [-0.25, -0.2) is 4.79 Å². The molecule has 1 rings (SSSR count). The molecule has 0 radical (unpaired) electrons. The van der Waals surface area contributed by atoms with Crippen LogP contribution in [0, 0.1) is 0 Å². The Hall–Kier alpha value is -1.94. The van der Waals surface area contributed by atoms with E-state index in [4.69, 9.17) is 10.3 Å². The molecule has 6 heteroatoms. The minimum atomic E-state index is -0.898. The number of rotatable bonds is 6. The zero-order valence-corrected chi connectivity index (χ0v) is 11.9. The predicted octanol–water partition coefficient (Wildman–Crippen LogP) is 1.57. The third-order valence-corrected chi connectivity index (χ3v) is 3.37. The molecule has 1 aliphatic carbocycles. The molecular weight excluding hydrogens is 258 g/mol. The molecule has 0 spiro atoms. The Morgan fingerprint density at radius 3 is 2.55 bits per heavy atom. The highest BCUT2D eigenvalue weighted by molar-refractivity contribution is 6.61. The van der Waals surface area contributed by atoms with Gasteiger partial charge in [-0.15, -0.1) is 6.58 Å². The van der Waals surface area contributed by atoms with Gasteiger partial charge in [0.25, 0.3) is 0 Å². The van der Waals surface area contributed by atoms with Crippen molar-refractivity contribution in [2.75, 3.05) is 13.2 Å². The number of esters is 1. The second-order valence-corrected chi connectivity index (χ2v) is 4.71. The van der Waals surface area contributed by atoms with Crippen LogP contribution in [0.2, 0.25) is 0 Å². The number of nitrogens with zero attached hydrogens (tertiary/aromatic N) is 3. The van der Waals surface area contributed by atoms with Crippen molar-refractivity contribution in [3.05, 3.63) is 18.2 Å². The molecule has 0 aliphatic heterocycles. The van der Waals surface area contributed by atoms with Gasteiger partial charge in [0, 0.05) is 12.6 Å². The van der Waals surface area contributed by atoms with Crippen LogP contribution < -0.4 is 0 Å². The highest BCUT2D eigenvalue weighted by atomic mass is 16.5. The van der Waals surface area contributed by atoms with Crippen molar-refractivity contribution in [2.45, 2.75) is 45.1 Å². The average Bonchev–Trinajstić information content (AvgIpc) is 2.46. The maximum atomic E-state index is 12.4. The van der Waals surface area contributed by atoms with Gasteiger partial charge in [-0.05, 0) is 19.8 Å². The first-order chi connectivity index (χ1) is 9.65. The number of hydrogen-bond acceptors (Lipinski definition) is 3. The third kappa shape index (κ3) is 4.03. The SMILES string of the molecule is C=CCN(C(=O)C(=[N+]=[N-])C(=O)OCC)C1CCCCC1. The van der Waals surface area contributed by atoms with E-state index in [0.717, 1.165) is 32.1 Å². The molecule has 0 heterocycles. The van der Waals surface area contributed by atoms with E-state index in [0.29, 0.717) is 6.54 Å². The lowest BCUT2D eigenvalue weighted by molar-refractivity contribution is -0.144. The molecule has 6 nitrogen and oxygen atoms in total. The molecule has 0 aromatic rings. The summed E-state index contributed by atoms with van der Waals surface area (Å²) < 4.78 is 4.73. The molecule has 20 heavy (non-hydrogen) atoms. The lowest BCUT2D eigenvalue weighted by Gasteiger charge is -2.32. The summed E-state index contributed by atoms with van der Waals surface area (Å²) in [6, 6.07) is 0.0560. The summed E-state index contributed by atoms with van der Waals surface area (Å²) in [7, 11) is 0. The fourth-order valence-electron chi connectivity index (χ4n) is 2.44. The molecular formula is C14H21N3O3. The average molecular weight is 279 g/mol. The zero-order valence-electron chi connectivity index (χ0n) is 11.9. The van der Waals surface area contributed by atoms with Crippen molar-refractivity contribution in [2.24, 2.45) is 0 Å². The van der Waals surface area contributed by atoms with Crippen molar-refractivity contribution in [1.82, 2.24) is 4.90 Å². The largest absolute Gasteiger partial charge is 0.463 e. The quantitative estimate of drug-likeness (QED) is 0.185. The van der Waals surface area contributed by atoms with Gasteiger partial charge >= 0.3 is 17.6 Å². The van der Waals surface area contributed by atoms with Crippen LogP contribution in [0.4, 0.5) is 0 Å². The maximum absolute atomic E-state index is 12.4. The molecule has 0 bridgehead atoms. The Kier molecular flexibility index (Phi) is 6.67. The minimum absolute atomic E-state index is 0.0560. The Bertz CT molecular complexity index is 421. The highest BCUT2D eigenvalue weighted by Gasteiger charge is 2.38. The van der Waals surface area contributed by atoms with Crippen molar-refractivity contribution >= 4 is 17.6 Å². The normalized spacial score (nSPS) is 15.1. The zero-order chi connectivity index (χ0) is 15.0. The molecule has 0 aromatic heterocycles. The molecule has 0 aromatic carbocycles. The molecule has 0 N–H and O–H groups in total. The van der Waals surface area contributed by atoms with Crippen molar-refractivity contribution in [3.8, 4) is 0 Å². The highest BCUT2D eigenvalue weighted by Crippen LogP contribution is 2.22. The Morgan fingerprint density at radius 2 is 2.05 bits per heavy atom. The van der Waals surface area contributed by atoms with Crippen LogP contribution >= 0.6 is 0 Å². The molecule has 1 saturated carbocycles. The Labute approximate surface area is 119 Å². The summed E-state index contributed by atoms with van der Waals surface area (Å²) >= 11 is 0. The summed E-state index contributed by atoms with van der Waals surface area (Å²) in [5, 5.41) is 0. The summed E-state index contributed by atoms with van der Waals surface area (Å²) in [5.74, 6) is -1.50. The van der Waals surface area contributed by atoms with Gasteiger partial charge in [0.1, 0.15) is 0 Å². The first kappa shape index (κ1) is 16.1. The lowest BCUT2D eigenvalue weighted by atomic mass is 9.94.